The monoisotopic (exact) mass is 430 g/mol. The summed E-state index contributed by atoms with van der Waals surface area (Å²) in [7, 11) is 0. The molecule has 3 aliphatic rings. The van der Waals surface area contributed by atoms with Crippen LogP contribution in [-0.4, -0.2) is 33.1 Å². The molecule has 0 spiro atoms. The minimum atomic E-state index is -0.648. The van der Waals surface area contributed by atoms with Crippen molar-refractivity contribution >= 4 is 0 Å². The second-order valence-electron chi connectivity index (χ2n) is 11.8. The number of rotatable bonds is 6. The van der Waals surface area contributed by atoms with E-state index < -0.39 is 17.8 Å². The van der Waals surface area contributed by atoms with Crippen molar-refractivity contribution in [1.82, 2.24) is 0 Å². The van der Waals surface area contributed by atoms with Gasteiger partial charge in [-0.2, -0.15) is 0 Å². The van der Waals surface area contributed by atoms with Crippen LogP contribution >= 0.6 is 0 Å². The summed E-state index contributed by atoms with van der Waals surface area (Å²) in [6.07, 6.45) is 13.4. The van der Waals surface area contributed by atoms with Gasteiger partial charge in [0, 0.05) is 5.92 Å². The summed E-state index contributed by atoms with van der Waals surface area (Å²) < 4.78 is 0. The molecule has 1 unspecified atom stereocenters. The lowest BCUT2D eigenvalue weighted by Gasteiger charge is -2.44. The molecule has 176 valence electrons. The van der Waals surface area contributed by atoms with E-state index in [4.69, 9.17) is 0 Å². The van der Waals surface area contributed by atoms with Gasteiger partial charge in [-0.05, 0) is 93.1 Å². The Morgan fingerprint density at radius 2 is 1.94 bits per heavy atom. The van der Waals surface area contributed by atoms with E-state index in [9.17, 15) is 15.3 Å². The van der Waals surface area contributed by atoms with Crippen molar-refractivity contribution < 1.29 is 15.3 Å². The van der Waals surface area contributed by atoms with E-state index in [1.165, 1.54) is 32.1 Å². The van der Waals surface area contributed by atoms with Crippen molar-refractivity contribution in [2.24, 2.45) is 29.1 Å². The lowest BCUT2D eigenvalue weighted by molar-refractivity contribution is 0.0283. The molecular formula is C28H46O3. The fourth-order valence-corrected chi connectivity index (χ4v) is 6.91. The third kappa shape index (κ3) is 5.37. The third-order valence-corrected chi connectivity index (χ3v) is 8.97. The Hall–Kier alpha value is -0.900. The Labute approximate surface area is 190 Å². The van der Waals surface area contributed by atoms with Crippen molar-refractivity contribution in [3.05, 3.63) is 35.5 Å². The van der Waals surface area contributed by atoms with Gasteiger partial charge in [-0.1, -0.05) is 57.9 Å². The molecule has 0 amide bonds. The second-order valence-corrected chi connectivity index (χ2v) is 11.8. The normalized spacial score (nSPS) is 40.4. The van der Waals surface area contributed by atoms with Crippen molar-refractivity contribution in [2.45, 2.75) is 110 Å². The maximum Gasteiger partial charge on any atom is 0.0837 e. The number of hydrogen-bond acceptors (Lipinski definition) is 3. The third-order valence-electron chi connectivity index (χ3n) is 8.97. The van der Waals surface area contributed by atoms with Crippen molar-refractivity contribution in [1.29, 1.82) is 0 Å². The number of hydrogen-bond donors (Lipinski definition) is 3. The molecule has 3 aliphatic carbocycles. The highest BCUT2D eigenvalue weighted by Crippen LogP contribution is 2.60. The van der Waals surface area contributed by atoms with Gasteiger partial charge in [-0.15, -0.1) is 0 Å². The molecule has 3 N–H and O–H groups in total. The topological polar surface area (TPSA) is 60.7 Å². The molecule has 3 rings (SSSR count). The lowest BCUT2D eigenvalue weighted by atomic mass is 9.60. The molecule has 3 saturated carbocycles. The molecule has 0 bridgehead atoms. The predicted molar refractivity (Wildman–Crippen MR) is 129 cm³/mol. The van der Waals surface area contributed by atoms with E-state index in [-0.39, 0.29) is 5.92 Å². The van der Waals surface area contributed by atoms with Crippen LogP contribution in [0.1, 0.15) is 92.4 Å². The van der Waals surface area contributed by atoms with E-state index in [0.29, 0.717) is 23.7 Å². The predicted octanol–water partition coefficient (Wildman–Crippen LogP) is 5.95. The number of aliphatic hydroxyl groups excluding tert-OH is 2. The molecule has 3 heteroatoms. The van der Waals surface area contributed by atoms with Gasteiger partial charge >= 0.3 is 0 Å². The largest absolute Gasteiger partial charge is 0.392 e. The van der Waals surface area contributed by atoms with Gasteiger partial charge in [-0.25, -0.2) is 0 Å². The average Bonchev–Trinajstić information content (AvgIpc) is 3.04. The van der Waals surface area contributed by atoms with E-state index in [1.807, 2.05) is 20.8 Å². The van der Waals surface area contributed by atoms with Crippen LogP contribution in [0.3, 0.4) is 0 Å². The number of aliphatic hydroxyl groups is 3. The van der Waals surface area contributed by atoms with Crippen LogP contribution in [0, 0.1) is 29.1 Å². The molecule has 7 atom stereocenters. The van der Waals surface area contributed by atoms with Crippen LogP contribution in [0.4, 0.5) is 0 Å². The van der Waals surface area contributed by atoms with Crippen molar-refractivity contribution in [3.63, 3.8) is 0 Å². The maximum atomic E-state index is 10.4. The van der Waals surface area contributed by atoms with E-state index in [0.717, 1.165) is 36.3 Å². The van der Waals surface area contributed by atoms with Crippen LogP contribution in [0.25, 0.3) is 0 Å². The van der Waals surface area contributed by atoms with Crippen LogP contribution < -0.4 is 0 Å². The zero-order chi connectivity index (χ0) is 23.0. The fourth-order valence-electron chi connectivity index (χ4n) is 6.91. The summed E-state index contributed by atoms with van der Waals surface area (Å²) in [5, 5.41) is 30.7. The number of allylic oxidation sites excluding steroid dienone is 3. The second kappa shape index (κ2) is 9.53. The average molecular weight is 431 g/mol. The van der Waals surface area contributed by atoms with Gasteiger partial charge in [-0.3, -0.25) is 0 Å². The smallest absolute Gasteiger partial charge is 0.0837 e. The highest BCUT2D eigenvalue weighted by Gasteiger charge is 2.50. The Bertz CT molecular complexity index is 712. The summed E-state index contributed by atoms with van der Waals surface area (Å²) in [6, 6.07) is 0. The number of fused-ring (bicyclic) bond motifs is 1. The molecule has 3 nitrogen and oxygen atoms in total. The Kier molecular flexibility index (Phi) is 7.61. The standard InChI is InChI=1S/C28H46O3/c1-18(9-7-15-27(4,5)31)23-13-14-24-21(10-8-16-28(23,24)6)11-12-22-17-25(29)20(3)26(30)19(22)2/h11-12,18,20,23-26,29-31H,2,7-10,13-17H2,1,3-6H3/b21-11+,22-12-/t18-,20?,23+,24-,25+,26+,28+/m0/s1. The summed E-state index contributed by atoms with van der Waals surface area (Å²) in [6.45, 7) is 14.8. The van der Waals surface area contributed by atoms with Crippen molar-refractivity contribution in [2.75, 3.05) is 0 Å². The van der Waals surface area contributed by atoms with E-state index in [1.54, 1.807) is 5.57 Å². The minimum absolute atomic E-state index is 0.149. The van der Waals surface area contributed by atoms with Crippen LogP contribution in [0.2, 0.25) is 0 Å². The molecule has 0 saturated heterocycles. The van der Waals surface area contributed by atoms with Crippen LogP contribution in [0.15, 0.2) is 35.5 Å². The first-order chi connectivity index (χ1) is 14.4. The summed E-state index contributed by atoms with van der Waals surface area (Å²) in [5.41, 5.74) is 3.15. The first kappa shape index (κ1) is 24.7. The summed E-state index contributed by atoms with van der Waals surface area (Å²) in [5.74, 6) is 1.94. The molecule has 0 aromatic heterocycles. The highest BCUT2D eigenvalue weighted by atomic mass is 16.3. The van der Waals surface area contributed by atoms with Gasteiger partial charge in [0.05, 0.1) is 17.8 Å². The highest BCUT2D eigenvalue weighted by molar-refractivity contribution is 5.39. The van der Waals surface area contributed by atoms with Crippen LogP contribution in [-0.2, 0) is 0 Å². The van der Waals surface area contributed by atoms with Gasteiger partial charge < -0.3 is 15.3 Å². The molecule has 31 heavy (non-hydrogen) atoms. The molecule has 0 aromatic rings. The molecule has 0 heterocycles. The summed E-state index contributed by atoms with van der Waals surface area (Å²) >= 11 is 0. The molecule has 0 aromatic carbocycles. The Balaban J connectivity index is 1.71. The van der Waals surface area contributed by atoms with Gasteiger partial charge in [0.25, 0.3) is 0 Å². The zero-order valence-electron chi connectivity index (χ0n) is 20.5. The molecule has 3 fully saturated rings. The first-order valence-corrected chi connectivity index (χ1v) is 12.6. The van der Waals surface area contributed by atoms with E-state index >= 15 is 0 Å². The van der Waals surface area contributed by atoms with Crippen LogP contribution in [0.5, 0.6) is 0 Å². The molecule has 0 aliphatic heterocycles. The van der Waals surface area contributed by atoms with Gasteiger partial charge in [0.2, 0.25) is 0 Å². The quantitative estimate of drug-likeness (QED) is 0.488. The molecular weight excluding hydrogens is 384 g/mol. The lowest BCUT2D eigenvalue weighted by Crippen LogP contribution is -2.36. The zero-order valence-corrected chi connectivity index (χ0v) is 20.5. The Morgan fingerprint density at radius 1 is 1.23 bits per heavy atom. The molecule has 0 radical (unpaired) electrons. The minimum Gasteiger partial charge on any atom is -0.392 e. The Morgan fingerprint density at radius 3 is 2.61 bits per heavy atom. The maximum absolute atomic E-state index is 10.4. The van der Waals surface area contributed by atoms with Crippen molar-refractivity contribution in [3.8, 4) is 0 Å². The fraction of sp³-hybridized carbons (Fsp3) is 0.786. The van der Waals surface area contributed by atoms with E-state index in [2.05, 4.69) is 32.6 Å². The SMILES string of the molecule is C=C1/C(=C\C=C2/CCC[C@]3(C)[C@@H]([C@@H](C)CCCC(C)(C)O)CC[C@@H]23)C[C@@H](O)C(C)[C@@H]1O. The van der Waals surface area contributed by atoms with Gasteiger partial charge in [0.15, 0.2) is 0 Å². The summed E-state index contributed by atoms with van der Waals surface area (Å²) in [4.78, 5) is 0. The first-order valence-electron chi connectivity index (χ1n) is 12.6. The van der Waals surface area contributed by atoms with Gasteiger partial charge in [0.1, 0.15) is 0 Å².